The van der Waals surface area contributed by atoms with Crippen molar-refractivity contribution in [3.63, 3.8) is 0 Å². The summed E-state index contributed by atoms with van der Waals surface area (Å²) in [5, 5.41) is 5.06. The zero-order chi connectivity index (χ0) is 32.0. The highest BCUT2D eigenvalue weighted by Crippen LogP contribution is 2.60. The molecule has 9 nitrogen and oxygen atoms in total. The molecule has 8 rings (SSSR count). The normalized spacial score (nSPS) is 25.9. The average molecular weight is 685 g/mol. The first-order chi connectivity index (χ1) is 22.2. The van der Waals surface area contributed by atoms with Crippen LogP contribution in [0.4, 0.5) is 16.2 Å². The summed E-state index contributed by atoms with van der Waals surface area (Å²) in [7, 11) is 1.45. The molecule has 5 fully saturated rings. The lowest BCUT2D eigenvalue weighted by Gasteiger charge is -2.57. The monoisotopic (exact) mass is 683 g/mol. The largest absolute Gasteiger partial charge is 0.493 e. The smallest absolute Gasteiger partial charge is 0.335 e. The summed E-state index contributed by atoms with van der Waals surface area (Å²) in [5.74, 6) is 1.12. The lowest BCUT2D eigenvalue weighted by atomic mass is 9.48. The number of rotatable bonds is 8. The minimum absolute atomic E-state index is 0.190. The van der Waals surface area contributed by atoms with Gasteiger partial charge in [0.2, 0.25) is 0 Å². The van der Waals surface area contributed by atoms with E-state index in [0.29, 0.717) is 27.2 Å². The summed E-state index contributed by atoms with van der Waals surface area (Å²) in [6, 6.07) is 19.2. The maximum atomic E-state index is 13.7. The number of nitrogens with one attached hydrogen (secondary N) is 2. The molecule has 0 unspecified atom stereocenters. The zero-order valence-electron chi connectivity index (χ0n) is 25.4. The third kappa shape index (κ3) is 5.70. The Morgan fingerprint density at radius 2 is 1.61 bits per heavy atom. The molecule has 0 spiro atoms. The van der Waals surface area contributed by atoms with Crippen LogP contribution >= 0.6 is 15.9 Å². The first-order valence-corrected chi connectivity index (χ1v) is 16.4. The number of hydrogen-bond donors (Lipinski definition) is 2. The Kier molecular flexibility index (Phi) is 7.92. The number of carbonyl (C=O) groups is 4. The van der Waals surface area contributed by atoms with Crippen LogP contribution in [-0.4, -0.2) is 37.5 Å². The van der Waals surface area contributed by atoms with E-state index in [-0.39, 0.29) is 29.3 Å². The van der Waals surface area contributed by atoms with Gasteiger partial charge in [0.15, 0.2) is 18.1 Å². The van der Waals surface area contributed by atoms with Crippen molar-refractivity contribution in [1.82, 2.24) is 5.32 Å². The fourth-order valence-electron chi connectivity index (χ4n) is 8.27. The molecule has 236 valence electrons. The van der Waals surface area contributed by atoms with Gasteiger partial charge < -0.3 is 14.8 Å². The molecular formula is C36H34BrN3O6. The van der Waals surface area contributed by atoms with Gasteiger partial charge in [0.05, 0.1) is 12.8 Å². The first kappa shape index (κ1) is 30.2. The quantitative estimate of drug-likeness (QED) is 0.204. The van der Waals surface area contributed by atoms with Crippen LogP contribution in [0.2, 0.25) is 0 Å². The van der Waals surface area contributed by atoms with E-state index >= 15 is 0 Å². The number of ether oxygens (including phenoxy) is 2. The van der Waals surface area contributed by atoms with E-state index in [4.69, 9.17) is 9.47 Å². The number of barbiturate groups is 1. The third-order valence-corrected chi connectivity index (χ3v) is 10.6. The summed E-state index contributed by atoms with van der Waals surface area (Å²) in [6.45, 7) is -0.266. The summed E-state index contributed by atoms with van der Waals surface area (Å²) in [4.78, 5) is 52.9. The van der Waals surface area contributed by atoms with E-state index in [1.54, 1.807) is 24.3 Å². The molecule has 4 saturated carbocycles. The van der Waals surface area contributed by atoms with Crippen molar-refractivity contribution in [3.05, 3.63) is 87.9 Å². The summed E-state index contributed by atoms with van der Waals surface area (Å²) < 4.78 is 11.7. The molecule has 10 heteroatoms. The Hall–Kier alpha value is -4.44. The molecule has 1 heterocycles. The van der Waals surface area contributed by atoms with E-state index in [0.717, 1.165) is 22.7 Å². The lowest BCUT2D eigenvalue weighted by molar-refractivity contribution is -0.122. The molecule has 1 saturated heterocycles. The van der Waals surface area contributed by atoms with E-state index < -0.39 is 17.8 Å². The number of benzene rings is 3. The third-order valence-electron chi connectivity index (χ3n) is 9.88. The van der Waals surface area contributed by atoms with Gasteiger partial charge >= 0.3 is 6.03 Å². The van der Waals surface area contributed by atoms with Gasteiger partial charge in [0, 0.05) is 10.2 Å². The average Bonchev–Trinajstić information content (AvgIpc) is 3.03. The Morgan fingerprint density at radius 1 is 0.957 bits per heavy atom. The number of urea groups is 1. The number of para-hydroxylation sites is 1. The molecule has 0 radical (unpaired) electrons. The SMILES string of the molecule is COc1cc(/C=C2\C(=O)NC(=O)N(c3ccc(C45CC6CC(CC(C6)C4)C5)cc3)C2=O)c(Br)cc1OCC(=O)Nc1ccccc1. The van der Waals surface area contributed by atoms with Gasteiger partial charge in [-0.05, 0) is 115 Å². The number of anilines is 2. The minimum atomic E-state index is -0.791. The Labute approximate surface area is 275 Å². The van der Waals surface area contributed by atoms with Crippen molar-refractivity contribution in [2.75, 3.05) is 23.9 Å². The van der Waals surface area contributed by atoms with Crippen LogP contribution < -0.4 is 25.0 Å². The molecule has 1 aliphatic heterocycles. The molecular weight excluding hydrogens is 650 g/mol. The van der Waals surface area contributed by atoms with Gasteiger partial charge in [-0.2, -0.15) is 0 Å². The second-order valence-corrected chi connectivity index (χ2v) is 13.8. The topological polar surface area (TPSA) is 114 Å². The van der Waals surface area contributed by atoms with Gasteiger partial charge in [-0.1, -0.05) is 46.3 Å². The fourth-order valence-corrected chi connectivity index (χ4v) is 8.71. The zero-order valence-corrected chi connectivity index (χ0v) is 27.0. The van der Waals surface area contributed by atoms with Gasteiger partial charge in [-0.3, -0.25) is 19.7 Å². The van der Waals surface area contributed by atoms with E-state index in [1.807, 2.05) is 30.3 Å². The maximum Gasteiger partial charge on any atom is 0.335 e. The van der Waals surface area contributed by atoms with Crippen molar-refractivity contribution in [2.45, 2.75) is 43.9 Å². The van der Waals surface area contributed by atoms with Crippen molar-refractivity contribution in [3.8, 4) is 11.5 Å². The minimum Gasteiger partial charge on any atom is -0.493 e. The Bertz CT molecular complexity index is 1720. The molecule has 5 amide bonds. The summed E-state index contributed by atoms with van der Waals surface area (Å²) in [5.41, 5.74) is 2.76. The van der Waals surface area contributed by atoms with Crippen LogP contribution in [0.5, 0.6) is 11.5 Å². The number of methoxy groups -OCH3 is 1. The molecule has 2 N–H and O–H groups in total. The van der Waals surface area contributed by atoms with Crippen LogP contribution in [0.25, 0.3) is 6.08 Å². The van der Waals surface area contributed by atoms with Crippen molar-refractivity contribution < 1.29 is 28.7 Å². The molecule has 46 heavy (non-hydrogen) atoms. The predicted molar refractivity (Wildman–Crippen MR) is 177 cm³/mol. The Balaban J connectivity index is 1.09. The number of nitrogens with zero attached hydrogens (tertiary/aromatic N) is 1. The van der Waals surface area contributed by atoms with Crippen LogP contribution in [0.1, 0.15) is 49.7 Å². The van der Waals surface area contributed by atoms with Gasteiger partial charge in [-0.25, -0.2) is 9.69 Å². The number of halogens is 1. The predicted octanol–water partition coefficient (Wildman–Crippen LogP) is 6.61. The molecule has 4 aliphatic carbocycles. The number of hydrogen-bond acceptors (Lipinski definition) is 6. The first-order valence-electron chi connectivity index (χ1n) is 15.6. The fraction of sp³-hybridized carbons (Fsp3) is 0.333. The number of carbonyl (C=O) groups excluding carboxylic acids is 4. The van der Waals surface area contributed by atoms with Gasteiger partial charge in [0.1, 0.15) is 5.57 Å². The molecule has 4 bridgehead atoms. The van der Waals surface area contributed by atoms with Crippen molar-refractivity contribution >= 4 is 57.1 Å². The van der Waals surface area contributed by atoms with Crippen molar-refractivity contribution in [2.24, 2.45) is 17.8 Å². The van der Waals surface area contributed by atoms with Gasteiger partial charge in [-0.15, -0.1) is 0 Å². The number of amides is 5. The Morgan fingerprint density at radius 3 is 2.24 bits per heavy atom. The molecule has 0 atom stereocenters. The molecule has 3 aromatic carbocycles. The summed E-state index contributed by atoms with van der Waals surface area (Å²) in [6.07, 6.45) is 9.11. The van der Waals surface area contributed by atoms with Crippen LogP contribution in [0.3, 0.4) is 0 Å². The second kappa shape index (κ2) is 12.1. The highest BCUT2D eigenvalue weighted by Gasteiger charge is 2.51. The molecule has 3 aromatic rings. The number of imide groups is 2. The highest BCUT2D eigenvalue weighted by molar-refractivity contribution is 9.10. The molecule has 5 aliphatic rings. The van der Waals surface area contributed by atoms with Crippen LogP contribution in [0.15, 0.2) is 76.8 Å². The highest BCUT2D eigenvalue weighted by atomic mass is 79.9. The van der Waals surface area contributed by atoms with E-state index in [2.05, 4.69) is 38.7 Å². The van der Waals surface area contributed by atoms with Crippen molar-refractivity contribution in [1.29, 1.82) is 0 Å². The van der Waals surface area contributed by atoms with E-state index in [9.17, 15) is 19.2 Å². The lowest BCUT2D eigenvalue weighted by Crippen LogP contribution is -2.54. The second-order valence-electron chi connectivity index (χ2n) is 12.9. The maximum absolute atomic E-state index is 13.7. The standard InChI is InChI=1S/C36H34BrN3O6/c1-45-30-15-24(29(37)16-31(30)46-20-32(41)38-26-5-3-2-4-6-26)14-28-33(42)39-35(44)40(34(28)43)27-9-7-25(8-10-27)36-17-21-11-22(18-36)13-23(12-21)19-36/h2-10,14-16,21-23H,11-13,17-20H2,1H3,(H,38,41)(H,39,42,44)/b28-14+. The van der Waals surface area contributed by atoms with E-state index in [1.165, 1.54) is 57.3 Å². The molecule has 0 aromatic heterocycles. The van der Waals surface area contributed by atoms with Crippen LogP contribution in [-0.2, 0) is 19.8 Å². The summed E-state index contributed by atoms with van der Waals surface area (Å²) >= 11 is 3.48. The van der Waals surface area contributed by atoms with Gasteiger partial charge in [0.25, 0.3) is 17.7 Å². The van der Waals surface area contributed by atoms with Crippen LogP contribution in [0, 0.1) is 17.8 Å².